The molecule has 0 saturated carbocycles. The second-order valence-electron chi connectivity index (χ2n) is 5.50. The summed E-state index contributed by atoms with van der Waals surface area (Å²) in [7, 11) is 0. The highest BCUT2D eigenvalue weighted by Crippen LogP contribution is 2.30. The summed E-state index contributed by atoms with van der Waals surface area (Å²) in [6, 6.07) is 7.99. The van der Waals surface area contributed by atoms with Gasteiger partial charge in [0.05, 0.1) is 17.1 Å². The van der Waals surface area contributed by atoms with Gasteiger partial charge in [-0.1, -0.05) is 12.1 Å². The van der Waals surface area contributed by atoms with Crippen molar-refractivity contribution in [1.82, 2.24) is 29.5 Å². The SMILES string of the molecule is CC(Nc1cc(C(F)(F)F)nc2ncnn12)c1nc2ccccc2[nH]1. The van der Waals surface area contributed by atoms with E-state index < -0.39 is 11.9 Å². The van der Waals surface area contributed by atoms with Crippen LogP contribution in [-0.2, 0) is 6.18 Å². The van der Waals surface area contributed by atoms with Crippen LogP contribution in [0.2, 0.25) is 0 Å². The van der Waals surface area contributed by atoms with Crippen molar-refractivity contribution >= 4 is 22.6 Å². The van der Waals surface area contributed by atoms with Gasteiger partial charge < -0.3 is 10.3 Å². The summed E-state index contributed by atoms with van der Waals surface area (Å²) in [4.78, 5) is 14.8. The van der Waals surface area contributed by atoms with Crippen molar-refractivity contribution in [3.8, 4) is 0 Å². The highest BCUT2D eigenvalue weighted by Gasteiger charge is 2.34. The van der Waals surface area contributed by atoms with Gasteiger partial charge in [0, 0.05) is 6.07 Å². The van der Waals surface area contributed by atoms with E-state index >= 15 is 0 Å². The first kappa shape index (κ1) is 15.4. The van der Waals surface area contributed by atoms with Gasteiger partial charge in [0.15, 0.2) is 5.69 Å². The number of aromatic nitrogens is 6. The van der Waals surface area contributed by atoms with E-state index in [4.69, 9.17) is 0 Å². The molecule has 0 fully saturated rings. The largest absolute Gasteiger partial charge is 0.433 e. The molecule has 0 bridgehead atoms. The van der Waals surface area contributed by atoms with E-state index in [1.165, 1.54) is 4.52 Å². The number of imidazole rings is 1. The fourth-order valence-electron chi connectivity index (χ4n) is 2.53. The minimum Gasteiger partial charge on any atom is -0.360 e. The van der Waals surface area contributed by atoms with Gasteiger partial charge in [0.25, 0.3) is 5.78 Å². The maximum atomic E-state index is 13.0. The lowest BCUT2D eigenvalue weighted by Crippen LogP contribution is -2.16. The van der Waals surface area contributed by atoms with Gasteiger partial charge >= 0.3 is 6.18 Å². The molecule has 0 aliphatic heterocycles. The van der Waals surface area contributed by atoms with Crippen LogP contribution >= 0.6 is 0 Å². The molecule has 25 heavy (non-hydrogen) atoms. The number of fused-ring (bicyclic) bond motifs is 2. The maximum Gasteiger partial charge on any atom is 0.433 e. The molecule has 4 aromatic rings. The van der Waals surface area contributed by atoms with Gasteiger partial charge in [-0.3, -0.25) is 0 Å². The second kappa shape index (κ2) is 5.43. The number of hydrogen-bond acceptors (Lipinski definition) is 5. The molecule has 1 atom stereocenters. The van der Waals surface area contributed by atoms with Gasteiger partial charge in [-0.05, 0) is 19.1 Å². The number of aromatic amines is 1. The van der Waals surface area contributed by atoms with E-state index in [2.05, 4.69) is 30.4 Å². The fraction of sp³-hybridized carbons (Fsp3) is 0.200. The number of para-hydroxylation sites is 2. The molecule has 0 aliphatic rings. The van der Waals surface area contributed by atoms with Crippen LogP contribution in [0.3, 0.4) is 0 Å². The van der Waals surface area contributed by atoms with Crippen molar-refractivity contribution in [1.29, 1.82) is 0 Å². The summed E-state index contributed by atoms with van der Waals surface area (Å²) in [5.74, 6) is 0.594. The van der Waals surface area contributed by atoms with Crippen molar-refractivity contribution in [2.24, 2.45) is 0 Å². The first-order valence-electron chi connectivity index (χ1n) is 7.41. The highest BCUT2D eigenvalue weighted by molar-refractivity contribution is 5.74. The summed E-state index contributed by atoms with van der Waals surface area (Å²) in [6.07, 6.45) is -3.42. The van der Waals surface area contributed by atoms with Crippen molar-refractivity contribution in [3.05, 3.63) is 48.2 Å². The van der Waals surface area contributed by atoms with Crippen LogP contribution in [0.25, 0.3) is 16.8 Å². The maximum absolute atomic E-state index is 13.0. The lowest BCUT2D eigenvalue weighted by atomic mass is 10.3. The van der Waals surface area contributed by atoms with Crippen LogP contribution in [0.5, 0.6) is 0 Å². The third-order valence-electron chi connectivity index (χ3n) is 3.72. The predicted octanol–water partition coefficient (Wildman–Crippen LogP) is 3.19. The Hall–Kier alpha value is -3.17. The van der Waals surface area contributed by atoms with E-state index in [0.29, 0.717) is 5.82 Å². The van der Waals surface area contributed by atoms with Crippen molar-refractivity contribution < 1.29 is 13.2 Å². The van der Waals surface area contributed by atoms with Crippen LogP contribution in [0, 0.1) is 0 Å². The van der Waals surface area contributed by atoms with Crippen LogP contribution in [0.4, 0.5) is 19.0 Å². The molecule has 1 unspecified atom stereocenters. The second-order valence-corrected chi connectivity index (χ2v) is 5.50. The summed E-state index contributed by atoms with van der Waals surface area (Å²) in [5.41, 5.74) is 0.595. The zero-order valence-corrected chi connectivity index (χ0v) is 12.9. The minimum atomic E-state index is -4.58. The molecular formula is C15H12F3N7. The number of nitrogens with zero attached hydrogens (tertiary/aromatic N) is 5. The molecule has 0 spiro atoms. The van der Waals surface area contributed by atoms with E-state index in [0.717, 1.165) is 23.4 Å². The molecule has 10 heteroatoms. The standard InChI is InChI=1S/C15H12F3N7/c1-8(13-22-9-4-2-3-5-10(9)23-13)21-12-6-11(15(16,17)18)24-14-19-7-20-25(12)14/h2-8,21H,1H3,(H,22,23). The molecule has 3 heterocycles. The van der Waals surface area contributed by atoms with Gasteiger partial charge in [-0.2, -0.15) is 27.8 Å². The van der Waals surface area contributed by atoms with Crippen molar-refractivity contribution in [2.75, 3.05) is 5.32 Å². The molecular weight excluding hydrogens is 335 g/mol. The topological polar surface area (TPSA) is 83.8 Å². The lowest BCUT2D eigenvalue weighted by Gasteiger charge is -2.15. The number of anilines is 1. The van der Waals surface area contributed by atoms with E-state index in [1.54, 1.807) is 6.92 Å². The Balaban J connectivity index is 1.72. The molecule has 0 aliphatic carbocycles. The number of alkyl halides is 3. The first-order chi connectivity index (χ1) is 11.9. The number of nitrogens with one attached hydrogen (secondary N) is 2. The normalized spacial score (nSPS) is 13.4. The van der Waals surface area contributed by atoms with Crippen LogP contribution in [0.15, 0.2) is 36.7 Å². The lowest BCUT2D eigenvalue weighted by molar-refractivity contribution is -0.141. The zero-order valence-electron chi connectivity index (χ0n) is 12.9. The molecule has 1 aromatic carbocycles. The molecule has 128 valence electrons. The molecule has 4 rings (SSSR count). The van der Waals surface area contributed by atoms with E-state index in [9.17, 15) is 13.2 Å². The summed E-state index contributed by atoms with van der Waals surface area (Å²) >= 11 is 0. The number of hydrogen-bond donors (Lipinski definition) is 2. The molecule has 0 amide bonds. The molecule has 0 saturated heterocycles. The minimum absolute atomic E-state index is 0.128. The molecule has 2 N–H and O–H groups in total. The first-order valence-corrected chi connectivity index (χ1v) is 7.41. The molecule has 0 radical (unpaired) electrons. The van der Waals surface area contributed by atoms with Crippen LogP contribution in [0.1, 0.15) is 24.5 Å². The average Bonchev–Trinajstić information content (AvgIpc) is 3.20. The third-order valence-corrected chi connectivity index (χ3v) is 3.72. The van der Waals surface area contributed by atoms with Crippen molar-refractivity contribution in [3.63, 3.8) is 0 Å². The quantitative estimate of drug-likeness (QED) is 0.595. The highest BCUT2D eigenvalue weighted by atomic mass is 19.4. The Bertz CT molecular complexity index is 1020. The average molecular weight is 347 g/mol. The van der Waals surface area contributed by atoms with E-state index in [-0.39, 0.29) is 17.6 Å². The Morgan fingerprint density at radius 2 is 2.00 bits per heavy atom. The Kier molecular flexibility index (Phi) is 3.34. The number of H-pyrrole nitrogens is 1. The monoisotopic (exact) mass is 347 g/mol. The van der Waals surface area contributed by atoms with Crippen LogP contribution < -0.4 is 5.32 Å². The molecule has 3 aromatic heterocycles. The third kappa shape index (κ3) is 2.75. The van der Waals surface area contributed by atoms with E-state index in [1.807, 2.05) is 24.3 Å². The fourth-order valence-corrected chi connectivity index (χ4v) is 2.53. The van der Waals surface area contributed by atoms with Crippen LogP contribution in [-0.4, -0.2) is 29.5 Å². The Morgan fingerprint density at radius 3 is 2.76 bits per heavy atom. The summed E-state index contributed by atoms with van der Waals surface area (Å²) in [6.45, 7) is 1.79. The van der Waals surface area contributed by atoms with Gasteiger partial charge in [-0.25, -0.2) is 9.97 Å². The predicted molar refractivity (Wildman–Crippen MR) is 83.9 cm³/mol. The summed E-state index contributed by atoms with van der Waals surface area (Å²) < 4.78 is 40.3. The Labute approximate surface area is 138 Å². The smallest absolute Gasteiger partial charge is 0.360 e. The van der Waals surface area contributed by atoms with Crippen molar-refractivity contribution in [2.45, 2.75) is 19.1 Å². The summed E-state index contributed by atoms with van der Waals surface area (Å²) in [5, 5.41) is 6.90. The molecule has 7 nitrogen and oxygen atoms in total. The Morgan fingerprint density at radius 1 is 1.20 bits per heavy atom. The van der Waals surface area contributed by atoms with Gasteiger partial charge in [0.1, 0.15) is 18.0 Å². The number of benzene rings is 1. The van der Waals surface area contributed by atoms with Gasteiger partial charge in [0.2, 0.25) is 0 Å². The van der Waals surface area contributed by atoms with Gasteiger partial charge in [-0.15, -0.1) is 0 Å². The zero-order chi connectivity index (χ0) is 17.6. The number of rotatable bonds is 3. The number of halogens is 3.